The summed E-state index contributed by atoms with van der Waals surface area (Å²) in [5.74, 6) is 1.28. The van der Waals surface area contributed by atoms with Gasteiger partial charge in [0.2, 0.25) is 5.91 Å². The van der Waals surface area contributed by atoms with E-state index in [0.29, 0.717) is 29.3 Å². The minimum absolute atomic E-state index is 0.0543. The minimum atomic E-state index is -3.45. The number of sulfonamides is 1. The van der Waals surface area contributed by atoms with E-state index in [0.717, 1.165) is 25.2 Å². The van der Waals surface area contributed by atoms with Crippen LogP contribution in [0.5, 0.6) is 0 Å². The average molecular weight is 369 g/mol. The van der Waals surface area contributed by atoms with Gasteiger partial charge in [0.15, 0.2) is 0 Å². The number of hydrogen-bond acceptors (Lipinski definition) is 4. The Bertz CT molecular complexity index is 701. The third kappa shape index (κ3) is 3.02. The summed E-state index contributed by atoms with van der Waals surface area (Å²) in [4.78, 5) is 12.7. The molecule has 1 amide bonds. The van der Waals surface area contributed by atoms with E-state index in [1.807, 2.05) is 0 Å². The lowest BCUT2D eigenvalue weighted by atomic mass is 9.93. The summed E-state index contributed by atoms with van der Waals surface area (Å²) >= 11 is 1.24. The highest BCUT2D eigenvalue weighted by Gasteiger charge is 2.41. The van der Waals surface area contributed by atoms with E-state index in [9.17, 15) is 13.2 Å². The lowest BCUT2D eigenvalue weighted by molar-refractivity contribution is -0.127. The Morgan fingerprint density at radius 1 is 1.25 bits per heavy atom. The van der Waals surface area contributed by atoms with Crippen LogP contribution < -0.4 is 5.32 Å². The Hall–Kier alpha value is -0.920. The summed E-state index contributed by atoms with van der Waals surface area (Å²) in [5, 5.41) is 5.00. The highest BCUT2D eigenvalue weighted by molar-refractivity contribution is 7.91. The minimum Gasteiger partial charge on any atom is -0.353 e. The molecule has 2 aliphatic carbocycles. The van der Waals surface area contributed by atoms with Gasteiger partial charge in [0.05, 0.1) is 5.92 Å². The maximum absolute atomic E-state index is 12.7. The lowest BCUT2D eigenvalue weighted by Gasteiger charge is -2.32. The number of thiophene rings is 1. The molecule has 2 heterocycles. The van der Waals surface area contributed by atoms with Crippen LogP contribution in [0.15, 0.2) is 21.7 Å². The van der Waals surface area contributed by atoms with Gasteiger partial charge in [0, 0.05) is 19.1 Å². The van der Waals surface area contributed by atoms with Gasteiger partial charge in [-0.1, -0.05) is 12.5 Å². The third-order valence-electron chi connectivity index (χ3n) is 5.91. The van der Waals surface area contributed by atoms with Crippen molar-refractivity contribution in [2.75, 3.05) is 13.1 Å². The van der Waals surface area contributed by atoms with Crippen molar-refractivity contribution in [2.45, 2.75) is 48.8 Å². The molecule has 0 spiro atoms. The molecule has 1 saturated heterocycles. The molecule has 7 heteroatoms. The van der Waals surface area contributed by atoms with Gasteiger partial charge in [-0.2, -0.15) is 4.31 Å². The fourth-order valence-corrected chi connectivity index (χ4v) is 7.30. The number of nitrogens with zero attached hydrogens (tertiary/aromatic N) is 1. The van der Waals surface area contributed by atoms with Crippen molar-refractivity contribution >= 4 is 27.3 Å². The van der Waals surface area contributed by atoms with Gasteiger partial charge in [0.25, 0.3) is 10.0 Å². The molecule has 2 saturated carbocycles. The van der Waals surface area contributed by atoms with Crippen LogP contribution in [0, 0.1) is 17.8 Å². The maximum Gasteiger partial charge on any atom is 0.252 e. The zero-order valence-corrected chi connectivity index (χ0v) is 15.3. The second-order valence-corrected chi connectivity index (χ2v) is 10.5. The van der Waals surface area contributed by atoms with Gasteiger partial charge < -0.3 is 5.32 Å². The number of carbonyl (C=O) groups is 1. The van der Waals surface area contributed by atoms with Crippen LogP contribution in [-0.2, 0) is 14.8 Å². The third-order valence-corrected chi connectivity index (χ3v) is 9.15. The molecule has 0 aromatic carbocycles. The highest BCUT2D eigenvalue weighted by Crippen LogP contribution is 2.44. The van der Waals surface area contributed by atoms with E-state index >= 15 is 0 Å². The monoisotopic (exact) mass is 368 g/mol. The van der Waals surface area contributed by atoms with Crippen LogP contribution in [0.1, 0.15) is 38.5 Å². The van der Waals surface area contributed by atoms with Crippen molar-refractivity contribution in [1.82, 2.24) is 9.62 Å². The number of amides is 1. The number of rotatable bonds is 4. The highest BCUT2D eigenvalue weighted by atomic mass is 32.2. The summed E-state index contributed by atoms with van der Waals surface area (Å²) in [7, 11) is -3.45. The summed E-state index contributed by atoms with van der Waals surface area (Å²) in [6.07, 6.45) is 6.45. The summed E-state index contributed by atoms with van der Waals surface area (Å²) in [6.45, 7) is 0.824. The largest absolute Gasteiger partial charge is 0.353 e. The van der Waals surface area contributed by atoms with Crippen LogP contribution in [0.4, 0.5) is 0 Å². The maximum atomic E-state index is 12.7. The SMILES string of the molecule is O=C(N[C@H]1C[C@H]2CC[C@@H]1C2)[C@@H]1CCCN(S(=O)(=O)c2cccs2)C1. The quantitative estimate of drug-likeness (QED) is 0.888. The first-order valence-corrected chi connectivity index (χ1v) is 11.2. The first-order valence-electron chi connectivity index (χ1n) is 8.88. The van der Waals surface area contributed by atoms with Crippen LogP contribution in [0.25, 0.3) is 0 Å². The predicted octanol–water partition coefficient (Wildman–Crippen LogP) is 2.45. The van der Waals surface area contributed by atoms with Crippen LogP contribution in [-0.4, -0.2) is 37.8 Å². The zero-order valence-electron chi connectivity index (χ0n) is 13.7. The number of nitrogens with one attached hydrogen (secondary N) is 1. The smallest absolute Gasteiger partial charge is 0.252 e. The molecule has 0 radical (unpaired) electrons. The Kier molecular flexibility index (Phi) is 4.43. The van der Waals surface area contributed by atoms with E-state index in [1.165, 1.54) is 34.9 Å². The summed E-state index contributed by atoms with van der Waals surface area (Å²) in [5.41, 5.74) is 0. The van der Waals surface area contributed by atoms with Gasteiger partial charge in [0.1, 0.15) is 4.21 Å². The van der Waals surface area contributed by atoms with E-state index in [4.69, 9.17) is 0 Å². The predicted molar refractivity (Wildman–Crippen MR) is 93.2 cm³/mol. The van der Waals surface area contributed by atoms with Gasteiger partial charge in [-0.3, -0.25) is 4.79 Å². The molecule has 1 aliphatic heterocycles. The van der Waals surface area contributed by atoms with E-state index in [2.05, 4.69) is 5.32 Å². The summed E-state index contributed by atoms with van der Waals surface area (Å²) in [6, 6.07) is 3.71. The molecule has 0 unspecified atom stereocenters. The molecule has 1 aromatic rings. The number of carbonyl (C=O) groups excluding carboxylic acids is 1. The molecule has 132 valence electrons. The summed E-state index contributed by atoms with van der Waals surface area (Å²) < 4.78 is 27.2. The molecule has 4 atom stereocenters. The van der Waals surface area contributed by atoms with Crippen molar-refractivity contribution < 1.29 is 13.2 Å². The number of hydrogen-bond donors (Lipinski definition) is 1. The lowest BCUT2D eigenvalue weighted by Crippen LogP contribution is -2.48. The molecule has 3 aliphatic rings. The Morgan fingerprint density at radius 3 is 2.79 bits per heavy atom. The molecule has 24 heavy (non-hydrogen) atoms. The molecule has 1 aromatic heterocycles. The molecule has 1 N–H and O–H groups in total. The Labute approximate surface area is 147 Å². The first kappa shape index (κ1) is 16.5. The van der Waals surface area contributed by atoms with Gasteiger partial charge in [-0.15, -0.1) is 11.3 Å². The molecular formula is C17H24N2O3S2. The van der Waals surface area contributed by atoms with Gasteiger partial charge in [-0.05, 0) is 55.4 Å². The fraction of sp³-hybridized carbons (Fsp3) is 0.706. The van der Waals surface area contributed by atoms with E-state index in [-0.39, 0.29) is 11.8 Å². The molecular weight excluding hydrogens is 344 g/mol. The van der Waals surface area contributed by atoms with Gasteiger partial charge in [-0.25, -0.2) is 8.42 Å². The number of piperidine rings is 1. The van der Waals surface area contributed by atoms with Crippen LogP contribution >= 0.6 is 11.3 Å². The second kappa shape index (κ2) is 6.42. The molecule has 4 rings (SSSR count). The van der Waals surface area contributed by atoms with Crippen molar-refractivity contribution in [3.63, 3.8) is 0 Å². The van der Waals surface area contributed by atoms with E-state index < -0.39 is 10.0 Å². The van der Waals surface area contributed by atoms with Gasteiger partial charge >= 0.3 is 0 Å². The Morgan fingerprint density at radius 2 is 2.12 bits per heavy atom. The normalized spacial score (nSPS) is 33.7. The van der Waals surface area contributed by atoms with Crippen LogP contribution in [0.2, 0.25) is 0 Å². The molecule has 3 fully saturated rings. The first-order chi connectivity index (χ1) is 11.5. The van der Waals surface area contributed by atoms with Crippen molar-refractivity contribution in [3.8, 4) is 0 Å². The zero-order chi connectivity index (χ0) is 16.7. The molecule has 5 nitrogen and oxygen atoms in total. The van der Waals surface area contributed by atoms with Crippen molar-refractivity contribution in [2.24, 2.45) is 17.8 Å². The Balaban J connectivity index is 1.40. The second-order valence-electron chi connectivity index (χ2n) is 7.42. The van der Waals surface area contributed by atoms with E-state index in [1.54, 1.807) is 17.5 Å². The van der Waals surface area contributed by atoms with Crippen molar-refractivity contribution in [3.05, 3.63) is 17.5 Å². The average Bonchev–Trinajstić information content (AvgIpc) is 3.32. The van der Waals surface area contributed by atoms with Crippen LogP contribution in [0.3, 0.4) is 0 Å². The fourth-order valence-electron chi connectivity index (χ4n) is 4.63. The van der Waals surface area contributed by atoms with Crippen molar-refractivity contribution in [1.29, 1.82) is 0 Å². The standard InChI is InChI=1S/C17H24N2O3S2/c20-17(18-15-10-12-5-6-13(15)9-12)14-3-1-7-19(11-14)24(21,22)16-4-2-8-23-16/h2,4,8,12-15H,1,3,5-7,9-11H2,(H,18,20)/t12-,13+,14+,15-/m0/s1. The topological polar surface area (TPSA) is 66.5 Å². The number of fused-ring (bicyclic) bond motifs is 2. The molecule has 2 bridgehead atoms.